The predicted octanol–water partition coefficient (Wildman–Crippen LogP) is 3.86. The second-order valence-electron chi connectivity index (χ2n) is 9.08. The minimum absolute atomic E-state index is 0.185. The van der Waals surface area contributed by atoms with Gasteiger partial charge in [-0.15, -0.1) is 0 Å². The number of amides is 1. The Morgan fingerprint density at radius 1 is 0.842 bits per heavy atom. The molecule has 0 saturated carbocycles. The number of rotatable bonds is 5. The van der Waals surface area contributed by atoms with Gasteiger partial charge in [-0.05, 0) is 36.4 Å². The van der Waals surface area contributed by atoms with Crippen LogP contribution < -0.4 is 15.0 Å². The topological polar surface area (TPSA) is 105 Å². The van der Waals surface area contributed by atoms with Gasteiger partial charge in [0.1, 0.15) is 17.3 Å². The largest absolute Gasteiger partial charge is 0.457 e. The lowest BCUT2D eigenvalue weighted by atomic mass is 9.87. The first kappa shape index (κ1) is 24.1. The summed E-state index contributed by atoms with van der Waals surface area (Å²) in [7, 11) is -3.67. The van der Waals surface area contributed by atoms with E-state index in [2.05, 4.69) is 15.3 Å². The average molecular weight is 528 g/mol. The molecule has 1 fully saturated rings. The first-order valence-electron chi connectivity index (χ1n) is 12.3. The molecule has 38 heavy (non-hydrogen) atoms. The maximum Gasteiger partial charge on any atom is 0.243 e. The number of carbonyl (C=O) groups is 1. The summed E-state index contributed by atoms with van der Waals surface area (Å²) in [5.74, 6) is 1.26. The fraction of sp³-hybridized carbons (Fsp3) is 0.179. The lowest BCUT2D eigenvalue weighted by Gasteiger charge is -2.34. The predicted molar refractivity (Wildman–Crippen MR) is 143 cm³/mol. The Labute approximate surface area is 220 Å². The minimum Gasteiger partial charge on any atom is -0.457 e. The normalized spacial score (nSPS) is 15.7. The monoisotopic (exact) mass is 527 g/mol. The number of hydrogen-bond donors (Lipinski definition) is 1. The van der Waals surface area contributed by atoms with Gasteiger partial charge in [0.2, 0.25) is 15.9 Å². The summed E-state index contributed by atoms with van der Waals surface area (Å²) in [6.45, 7) is 1.75. The fourth-order valence-corrected chi connectivity index (χ4v) is 6.30. The highest BCUT2D eigenvalue weighted by molar-refractivity contribution is 7.89. The van der Waals surface area contributed by atoms with Crippen LogP contribution in [0.2, 0.25) is 0 Å². The molecule has 1 amide bonds. The smallest absolute Gasteiger partial charge is 0.243 e. The Hall–Kier alpha value is -4.28. The lowest BCUT2D eigenvalue weighted by Crippen LogP contribution is -2.48. The van der Waals surface area contributed by atoms with Crippen LogP contribution in [0.1, 0.15) is 17.0 Å². The van der Waals surface area contributed by atoms with Crippen molar-refractivity contribution < 1.29 is 17.9 Å². The molecule has 1 saturated heterocycles. The summed E-state index contributed by atoms with van der Waals surface area (Å²) >= 11 is 0. The van der Waals surface area contributed by atoms with Crippen LogP contribution in [-0.2, 0) is 14.8 Å². The zero-order valence-corrected chi connectivity index (χ0v) is 21.2. The molecule has 3 aromatic carbocycles. The molecule has 6 rings (SSSR count). The van der Waals surface area contributed by atoms with Crippen molar-refractivity contribution >= 4 is 27.4 Å². The summed E-state index contributed by atoms with van der Waals surface area (Å²) in [5.41, 5.74) is 2.08. The molecule has 1 aromatic heterocycles. The first-order valence-corrected chi connectivity index (χ1v) is 13.7. The van der Waals surface area contributed by atoms with Gasteiger partial charge in [0.25, 0.3) is 0 Å². The van der Waals surface area contributed by atoms with Gasteiger partial charge in [0.05, 0.1) is 17.0 Å². The number of ether oxygens (including phenoxy) is 1. The molecule has 0 atom stereocenters. The lowest BCUT2D eigenvalue weighted by molar-refractivity contribution is -0.116. The molecule has 0 spiro atoms. The number of benzene rings is 3. The number of nitrogens with zero attached hydrogens (tertiary/aromatic N) is 4. The maximum atomic E-state index is 13.5. The fourth-order valence-electron chi connectivity index (χ4n) is 4.88. The standard InChI is InChI=1S/C28H25N5O4S/c34-28(27-22-5-1-3-7-24(22)37-25-8-4-2-6-23(25)27)31-20-9-11-21(12-10-20)38(35,36)33-17-15-32(16-18-33)26-19-29-13-14-30-26/h1-14,19,27H,15-18H2,(H,31,34). The number of aromatic nitrogens is 2. The van der Waals surface area contributed by atoms with Crippen LogP contribution in [0.3, 0.4) is 0 Å². The molecule has 0 bridgehead atoms. The molecule has 192 valence electrons. The molecule has 10 heteroatoms. The van der Waals surface area contributed by atoms with Crippen molar-refractivity contribution in [3.63, 3.8) is 0 Å². The molecule has 0 radical (unpaired) electrons. The molecule has 1 N–H and O–H groups in total. The number of sulfonamides is 1. The van der Waals surface area contributed by atoms with E-state index in [1.54, 1.807) is 30.7 Å². The van der Waals surface area contributed by atoms with Gasteiger partial charge in [-0.1, -0.05) is 36.4 Å². The highest BCUT2D eigenvalue weighted by atomic mass is 32.2. The van der Waals surface area contributed by atoms with Gasteiger partial charge >= 0.3 is 0 Å². The first-order chi connectivity index (χ1) is 18.5. The number of nitrogens with one attached hydrogen (secondary N) is 1. The van der Waals surface area contributed by atoms with E-state index in [0.717, 1.165) is 16.9 Å². The van der Waals surface area contributed by atoms with Gasteiger partial charge in [0.15, 0.2) is 0 Å². The van der Waals surface area contributed by atoms with Crippen molar-refractivity contribution in [2.45, 2.75) is 10.8 Å². The Morgan fingerprint density at radius 3 is 2.08 bits per heavy atom. The van der Waals surface area contributed by atoms with E-state index in [4.69, 9.17) is 4.74 Å². The molecule has 0 aliphatic carbocycles. The van der Waals surface area contributed by atoms with E-state index in [-0.39, 0.29) is 10.8 Å². The third-order valence-corrected chi connectivity index (χ3v) is 8.73. The van der Waals surface area contributed by atoms with Gasteiger partial charge in [-0.25, -0.2) is 13.4 Å². The molecule has 3 heterocycles. The number of anilines is 2. The Bertz CT molecular complexity index is 1530. The van der Waals surface area contributed by atoms with Crippen LogP contribution in [-0.4, -0.2) is 54.8 Å². The van der Waals surface area contributed by atoms with Crippen LogP contribution >= 0.6 is 0 Å². The maximum absolute atomic E-state index is 13.5. The number of hydrogen-bond acceptors (Lipinski definition) is 7. The van der Waals surface area contributed by atoms with Crippen LogP contribution in [0, 0.1) is 0 Å². The summed E-state index contributed by atoms with van der Waals surface area (Å²) < 4.78 is 34.0. The number of para-hydroxylation sites is 2. The molecule has 4 aromatic rings. The number of piperazine rings is 1. The molecular weight excluding hydrogens is 502 g/mol. The second kappa shape index (κ2) is 9.88. The Morgan fingerprint density at radius 2 is 1.47 bits per heavy atom. The van der Waals surface area contributed by atoms with Gasteiger partial charge in [-0.3, -0.25) is 9.78 Å². The highest BCUT2D eigenvalue weighted by Crippen LogP contribution is 2.44. The van der Waals surface area contributed by atoms with Gasteiger partial charge < -0.3 is 15.0 Å². The van der Waals surface area contributed by atoms with E-state index in [9.17, 15) is 13.2 Å². The third kappa shape index (κ3) is 4.48. The second-order valence-corrected chi connectivity index (χ2v) is 11.0. The minimum atomic E-state index is -3.67. The third-order valence-electron chi connectivity index (χ3n) is 6.81. The molecule has 2 aliphatic heterocycles. The van der Waals surface area contributed by atoms with E-state index < -0.39 is 15.9 Å². The zero-order chi connectivity index (χ0) is 26.1. The summed E-state index contributed by atoms with van der Waals surface area (Å²) in [6.07, 6.45) is 4.91. The van der Waals surface area contributed by atoms with E-state index in [0.29, 0.717) is 43.4 Å². The van der Waals surface area contributed by atoms with Crippen LogP contribution in [0.4, 0.5) is 11.5 Å². The quantitative estimate of drug-likeness (QED) is 0.420. The molecular formula is C28H25N5O4S. The molecule has 2 aliphatic rings. The van der Waals surface area contributed by atoms with Gasteiger partial charge in [0, 0.05) is 55.4 Å². The van der Waals surface area contributed by atoms with Crippen molar-refractivity contribution in [1.82, 2.24) is 14.3 Å². The molecule has 0 unspecified atom stereocenters. The number of carbonyl (C=O) groups excluding carboxylic acids is 1. The SMILES string of the molecule is O=C(Nc1ccc(S(=O)(=O)N2CCN(c3cnccn3)CC2)cc1)C1c2ccccc2Oc2ccccc21. The van der Waals surface area contributed by atoms with E-state index in [1.165, 1.54) is 16.4 Å². The van der Waals surface area contributed by atoms with Crippen molar-refractivity contribution in [3.8, 4) is 11.5 Å². The summed E-state index contributed by atoms with van der Waals surface area (Å²) in [6, 6.07) is 21.3. The number of fused-ring (bicyclic) bond motifs is 2. The zero-order valence-electron chi connectivity index (χ0n) is 20.4. The van der Waals surface area contributed by atoms with E-state index >= 15 is 0 Å². The van der Waals surface area contributed by atoms with Crippen molar-refractivity contribution in [3.05, 3.63) is 103 Å². The van der Waals surface area contributed by atoms with Crippen LogP contribution in [0.25, 0.3) is 0 Å². The summed E-state index contributed by atoms with van der Waals surface area (Å²) in [5, 5.41) is 2.95. The Kier molecular flexibility index (Phi) is 6.26. The molecule has 9 nitrogen and oxygen atoms in total. The van der Waals surface area contributed by atoms with Crippen LogP contribution in [0.15, 0.2) is 96.3 Å². The van der Waals surface area contributed by atoms with Crippen molar-refractivity contribution in [2.75, 3.05) is 36.4 Å². The Balaban J connectivity index is 1.16. The van der Waals surface area contributed by atoms with Crippen LogP contribution in [0.5, 0.6) is 11.5 Å². The van der Waals surface area contributed by atoms with Gasteiger partial charge in [-0.2, -0.15) is 4.31 Å². The van der Waals surface area contributed by atoms with Crippen molar-refractivity contribution in [2.24, 2.45) is 0 Å². The average Bonchev–Trinajstić information content (AvgIpc) is 2.96. The highest BCUT2D eigenvalue weighted by Gasteiger charge is 2.33. The van der Waals surface area contributed by atoms with E-state index in [1.807, 2.05) is 53.4 Å². The summed E-state index contributed by atoms with van der Waals surface area (Å²) in [4.78, 5) is 24.0. The van der Waals surface area contributed by atoms with Crippen molar-refractivity contribution in [1.29, 1.82) is 0 Å².